The second kappa shape index (κ2) is 9.67. The molecule has 0 bridgehead atoms. The highest BCUT2D eigenvalue weighted by molar-refractivity contribution is 5.95. The molecule has 6 rings (SSSR count). The molecule has 8 nitrogen and oxygen atoms in total. The van der Waals surface area contributed by atoms with Gasteiger partial charge in [0, 0.05) is 24.6 Å². The molecule has 38 heavy (non-hydrogen) atoms. The number of nitrogens with zero attached hydrogens (tertiary/aromatic N) is 3. The van der Waals surface area contributed by atoms with E-state index in [1.54, 1.807) is 30.5 Å². The fraction of sp³-hybridized carbons (Fsp3) is 0.0667. The molecule has 3 aromatic carbocycles. The third kappa shape index (κ3) is 4.51. The van der Waals surface area contributed by atoms with E-state index < -0.39 is 5.97 Å². The summed E-state index contributed by atoms with van der Waals surface area (Å²) in [5, 5.41) is 18.4. The Morgan fingerprint density at radius 3 is 2.45 bits per heavy atom. The van der Waals surface area contributed by atoms with Crippen molar-refractivity contribution in [2.45, 2.75) is 13.0 Å². The van der Waals surface area contributed by atoms with Crippen molar-refractivity contribution in [3.63, 3.8) is 0 Å². The van der Waals surface area contributed by atoms with Gasteiger partial charge in [-0.1, -0.05) is 59.8 Å². The number of imidazole rings is 1. The molecule has 3 aromatic heterocycles. The summed E-state index contributed by atoms with van der Waals surface area (Å²) in [6, 6.07) is 26.3. The molecule has 0 atom stereocenters. The average molecular weight is 503 g/mol. The molecule has 2 N–H and O–H groups in total. The van der Waals surface area contributed by atoms with Crippen LogP contribution in [0, 0.1) is 0 Å². The van der Waals surface area contributed by atoms with Crippen molar-refractivity contribution in [3.8, 4) is 11.3 Å². The van der Waals surface area contributed by atoms with Gasteiger partial charge >= 0.3 is 5.97 Å². The fourth-order valence-corrected chi connectivity index (χ4v) is 4.57. The lowest BCUT2D eigenvalue weighted by Crippen LogP contribution is -2.25. The van der Waals surface area contributed by atoms with E-state index in [1.807, 2.05) is 22.6 Å². The highest BCUT2D eigenvalue weighted by atomic mass is 16.5. The molecule has 0 saturated heterocycles. The number of carbonyl (C=O) groups is 2. The molecule has 0 spiro atoms. The zero-order valence-electron chi connectivity index (χ0n) is 20.2. The molecule has 0 fully saturated rings. The largest absolute Gasteiger partial charge is 0.478 e. The summed E-state index contributed by atoms with van der Waals surface area (Å²) in [6.45, 7) is 0.239. The van der Waals surface area contributed by atoms with Gasteiger partial charge in [0.2, 0.25) is 0 Å². The van der Waals surface area contributed by atoms with Crippen molar-refractivity contribution in [2.75, 3.05) is 0 Å². The van der Waals surface area contributed by atoms with Crippen LogP contribution in [0.5, 0.6) is 0 Å². The lowest BCUT2D eigenvalue weighted by molar-refractivity contribution is 0.0696. The number of nitrogens with one attached hydrogen (secondary N) is 1. The van der Waals surface area contributed by atoms with Crippen molar-refractivity contribution >= 4 is 28.2 Å². The van der Waals surface area contributed by atoms with E-state index in [0.717, 1.165) is 38.8 Å². The predicted octanol–water partition coefficient (Wildman–Crippen LogP) is 5.36. The normalized spacial score (nSPS) is 11.2. The lowest BCUT2D eigenvalue weighted by Gasteiger charge is -2.12. The SMILES string of the molecule is O=C(O)c1ccc(CNC(=O)c2cc(-c3ccon3)cc3cnc(Cc4ccc5ccccc5c4)n23)cc1. The van der Waals surface area contributed by atoms with Crippen LogP contribution >= 0.6 is 0 Å². The minimum Gasteiger partial charge on any atom is -0.478 e. The number of rotatable bonds is 7. The maximum atomic E-state index is 13.5. The fourth-order valence-electron chi connectivity index (χ4n) is 4.57. The van der Waals surface area contributed by atoms with Crippen LogP contribution in [-0.2, 0) is 13.0 Å². The van der Waals surface area contributed by atoms with Gasteiger partial charge in [-0.3, -0.25) is 9.20 Å². The molecule has 0 aliphatic rings. The Hall–Kier alpha value is -5.24. The number of aromatic carboxylic acids is 1. The first kappa shape index (κ1) is 23.2. The maximum absolute atomic E-state index is 13.5. The van der Waals surface area contributed by atoms with Gasteiger partial charge in [-0.25, -0.2) is 9.78 Å². The number of carboxylic acid groups (broad SMARTS) is 1. The lowest BCUT2D eigenvalue weighted by atomic mass is 10.0. The van der Waals surface area contributed by atoms with E-state index in [1.165, 1.54) is 18.4 Å². The topological polar surface area (TPSA) is 110 Å². The molecule has 0 saturated carbocycles. The Morgan fingerprint density at radius 2 is 1.68 bits per heavy atom. The van der Waals surface area contributed by atoms with Crippen molar-refractivity contribution < 1.29 is 19.2 Å². The van der Waals surface area contributed by atoms with Crippen LogP contribution in [0.1, 0.15) is 37.8 Å². The molecule has 0 radical (unpaired) electrons. The van der Waals surface area contributed by atoms with E-state index in [2.05, 4.69) is 45.8 Å². The number of hydrogen-bond donors (Lipinski definition) is 2. The van der Waals surface area contributed by atoms with Gasteiger partial charge < -0.3 is 14.9 Å². The zero-order chi connectivity index (χ0) is 26.1. The first-order chi connectivity index (χ1) is 18.5. The molecule has 3 heterocycles. The Bertz CT molecular complexity index is 1790. The summed E-state index contributed by atoms with van der Waals surface area (Å²) in [6.07, 6.45) is 3.78. The van der Waals surface area contributed by atoms with Crippen molar-refractivity contribution in [1.82, 2.24) is 19.9 Å². The van der Waals surface area contributed by atoms with Crippen LogP contribution in [0.25, 0.3) is 27.5 Å². The summed E-state index contributed by atoms with van der Waals surface area (Å²) in [7, 11) is 0. The summed E-state index contributed by atoms with van der Waals surface area (Å²) in [5.74, 6) is -0.551. The van der Waals surface area contributed by atoms with E-state index in [4.69, 9.17) is 9.63 Å². The average Bonchev–Trinajstić information content (AvgIpc) is 3.62. The summed E-state index contributed by atoms with van der Waals surface area (Å²) in [5.41, 5.74) is 4.59. The van der Waals surface area contributed by atoms with Gasteiger partial charge in [0.15, 0.2) is 0 Å². The number of hydrogen-bond acceptors (Lipinski definition) is 5. The minimum absolute atomic E-state index is 0.193. The standard InChI is InChI=1S/C30H22N4O4/c35-29(32-17-19-5-9-22(10-6-19)30(36)37)27-16-24(26-11-12-38-33-26)15-25-18-31-28(34(25)27)14-20-7-8-21-3-1-2-4-23(21)13-20/h1-13,15-16,18H,14,17H2,(H,32,35)(H,36,37). The van der Waals surface area contributed by atoms with Crippen LogP contribution < -0.4 is 5.32 Å². The third-order valence-corrected chi connectivity index (χ3v) is 6.49. The van der Waals surface area contributed by atoms with Gasteiger partial charge in [-0.15, -0.1) is 0 Å². The molecular formula is C30H22N4O4. The monoisotopic (exact) mass is 502 g/mol. The zero-order valence-corrected chi connectivity index (χ0v) is 20.2. The van der Waals surface area contributed by atoms with Gasteiger partial charge in [0.25, 0.3) is 5.91 Å². The number of carbonyl (C=O) groups excluding carboxylic acids is 1. The molecule has 186 valence electrons. The molecule has 0 unspecified atom stereocenters. The minimum atomic E-state index is -0.994. The van der Waals surface area contributed by atoms with E-state index in [-0.39, 0.29) is 18.0 Å². The molecule has 1 amide bonds. The smallest absolute Gasteiger partial charge is 0.335 e. The van der Waals surface area contributed by atoms with E-state index >= 15 is 0 Å². The van der Waals surface area contributed by atoms with E-state index in [9.17, 15) is 9.59 Å². The highest BCUT2D eigenvalue weighted by Gasteiger charge is 2.18. The molecule has 0 aliphatic carbocycles. The van der Waals surface area contributed by atoms with Crippen LogP contribution in [0.3, 0.4) is 0 Å². The Morgan fingerprint density at radius 1 is 0.895 bits per heavy atom. The number of benzene rings is 3. The highest BCUT2D eigenvalue weighted by Crippen LogP contribution is 2.25. The molecular weight excluding hydrogens is 480 g/mol. The molecule has 0 aliphatic heterocycles. The van der Waals surface area contributed by atoms with Crippen LogP contribution in [0.2, 0.25) is 0 Å². The number of aromatic nitrogens is 3. The quantitative estimate of drug-likeness (QED) is 0.304. The van der Waals surface area contributed by atoms with E-state index in [0.29, 0.717) is 17.8 Å². The number of amides is 1. The van der Waals surface area contributed by atoms with Gasteiger partial charge in [-0.2, -0.15) is 0 Å². The third-order valence-electron chi connectivity index (χ3n) is 6.49. The second-order valence-corrected chi connectivity index (χ2v) is 8.99. The number of carboxylic acids is 1. The molecule has 8 heteroatoms. The van der Waals surface area contributed by atoms with Crippen molar-refractivity contribution in [3.05, 3.63) is 126 Å². The van der Waals surface area contributed by atoms with Crippen molar-refractivity contribution in [1.29, 1.82) is 0 Å². The second-order valence-electron chi connectivity index (χ2n) is 8.99. The summed E-state index contributed by atoms with van der Waals surface area (Å²) < 4.78 is 6.88. The summed E-state index contributed by atoms with van der Waals surface area (Å²) >= 11 is 0. The predicted molar refractivity (Wildman–Crippen MR) is 142 cm³/mol. The summed E-state index contributed by atoms with van der Waals surface area (Å²) in [4.78, 5) is 29.3. The maximum Gasteiger partial charge on any atom is 0.335 e. The Kier molecular flexibility index (Phi) is 5.89. The first-order valence-corrected chi connectivity index (χ1v) is 12.0. The van der Waals surface area contributed by atoms with Crippen LogP contribution in [-0.4, -0.2) is 31.5 Å². The number of pyridine rings is 1. The first-order valence-electron chi connectivity index (χ1n) is 12.0. The van der Waals surface area contributed by atoms with Crippen LogP contribution in [0.15, 0.2) is 102 Å². The van der Waals surface area contributed by atoms with Gasteiger partial charge in [-0.05, 0) is 46.2 Å². The van der Waals surface area contributed by atoms with Gasteiger partial charge in [0.05, 0.1) is 17.3 Å². The Balaban J connectivity index is 1.35. The molecule has 6 aromatic rings. The van der Waals surface area contributed by atoms with Gasteiger partial charge in [0.1, 0.15) is 23.5 Å². The number of fused-ring (bicyclic) bond motifs is 2. The Labute approximate surface area is 217 Å². The van der Waals surface area contributed by atoms with Crippen molar-refractivity contribution in [2.24, 2.45) is 0 Å². The van der Waals surface area contributed by atoms with Crippen LogP contribution in [0.4, 0.5) is 0 Å².